The van der Waals surface area contributed by atoms with Crippen molar-refractivity contribution in [1.29, 1.82) is 0 Å². The molecule has 0 aliphatic carbocycles. The van der Waals surface area contributed by atoms with Crippen molar-refractivity contribution in [2.45, 2.75) is 37.9 Å². The fourth-order valence-corrected chi connectivity index (χ4v) is 3.53. The Morgan fingerprint density at radius 1 is 1.28 bits per heavy atom. The van der Waals surface area contributed by atoms with Gasteiger partial charge in [-0.15, -0.1) is 0 Å². The van der Waals surface area contributed by atoms with E-state index >= 15 is 0 Å². The highest BCUT2D eigenvalue weighted by Gasteiger charge is 2.30. The summed E-state index contributed by atoms with van der Waals surface area (Å²) in [6, 6.07) is -1.13. The molecule has 0 heterocycles. The van der Waals surface area contributed by atoms with E-state index in [0.717, 1.165) is 6.42 Å². The van der Waals surface area contributed by atoms with Crippen LogP contribution in [0.1, 0.15) is 26.2 Å². The molecular weight excluding hydrogens is 258 g/mol. The Kier molecular flexibility index (Phi) is 8.55. The van der Waals surface area contributed by atoms with Crippen LogP contribution in [0.4, 0.5) is 0 Å². The topological polar surface area (TPSA) is 105 Å². The third-order valence-electron chi connectivity index (χ3n) is 2.48. The minimum Gasteiger partial charge on any atom is -0.481 e. The quantitative estimate of drug-likeness (QED) is 0.472. The van der Waals surface area contributed by atoms with E-state index in [9.17, 15) is 9.59 Å². The normalized spacial score (nSPS) is 14.4. The lowest BCUT2D eigenvalue weighted by molar-refractivity contribution is -0.146. The van der Waals surface area contributed by atoms with Crippen LogP contribution in [0.25, 0.3) is 0 Å². The van der Waals surface area contributed by atoms with Gasteiger partial charge in [0.1, 0.15) is 6.04 Å². The number of hydrogen-bond donors (Lipinski definition) is 3. The van der Waals surface area contributed by atoms with Crippen molar-refractivity contribution < 1.29 is 28.7 Å². The van der Waals surface area contributed by atoms with Gasteiger partial charge in [-0.3, -0.25) is 14.9 Å². The maximum absolute atomic E-state index is 11.0. The number of nitrogens with one attached hydrogen (secondary N) is 1. The van der Waals surface area contributed by atoms with Crippen LogP contribution in [-0.2, 0) is 18.4 Å². The summed E-state index contributed by atoms with van der Waals surface area (Å²) in [7, 11) is 0.988. The highest BCUT2D eigenvalue weighted by atomic mass is 28.3. The minimum atomic E-state index is -2.03. The van der Waals surface area contributed by atoms with Crippen molar-refractivity contribution in [2.24, 2.45) is 0 Å². The van der Waals surface area contributed by atoms with Crippen molar-refractivity contribution in [2.75, 3.05) is 14.2 Å². The van der Waals surface area contributed by atoms with Gasteiger partial charge >= 0.3 is 21.2 Å². The van der Waals surface area contributed by atoms with Crippen LogP contribution in [0.5, 0.6) is 0 Å². The summed E-state index contributed by atoms with van der Waals surface area (Å²) in [5.41, 5.74) is -0.231. The Hall–Kier alpha value is -0.963. The van der Waals surface area contributed by atoms with E-state index < -0.39 is 33.7 Å². The monoisotopic (exact) mass is 279 g/mol. The van der Waals surface area contributed by atoms with Gasteiger partial charge in [0.2, 0.25) is 0 Å². The van der Waals surface area contributed by atoms with Crippen LogP contribution in [0.3, 0.4) is 0 Å². The van der Waals surface area contributed by atoms with Gasteiger partial charge in [-0.05, 0) is 6.42 Å². The van der Waals surface area contributed by atoms with E-state index in [-0.39, 0.29) is 5.67 Å². The maximum Gasteiger partial charge on any atom is 0.338 e. The molecule has 0 bridgehead atoms. The van der Waals surface area contributed by atoms with Gasteiger partial charge in [0.25, 0.3) is 0 Å². The molecule has 3 N–H and O–H groups in total. The Balaban J connectivity index is 4.68. The second-order valence-electron chi connectivity index (χ2n) is 3.89. The molecule has 7 nitrogen and oxygen atoms in total. The highest BCUT2D eigenvalue weighted by molar-refractivity contribution is 6.46. The fourth-order valence-electron chi connectivity index (χ4n) is 1.68. The van der Waals surface area contributed by atoms with Crippen molar-refractivity contribution in [3.8, 4) is 0 Å². The summed E-state index contributed by atoms with van der Waals surface area (Å²) in [4.78, 5) is 21.6. The van der Waals surface area contributed by atoms with Gasteiger partial charge in [0.05, 0.1) is 6.42 Å². The Morgan fingerprint density at radius 2 is 1.83 bits per heavy atom. The van der Waals surface area contributed by atoms with Crippen LogP contribution in [0.2, 0.25) is 0 Å². The summed E-state index contributed by atoms with van der Waals surface area (Å²) in [6.45, 7) is 1.96. The Morgan fingerprint density at radius 3 is 2.17 bits per heavy atom. The molecule has 0 aromatic carbocycles. The van der Waals surface area contributed by atoms with Gasteiger partial charge in [-0.2, -0.15) is 0 Å². The predicted molar refractivity (Wildman–Crippen MR) is 66.7 cm³/mol. The lowest BCUT2D eigenvalue weighted by atomic mass is 10.2. The van der Waals surface area contributed by atoms with Crippen molar-refractivity contribution in [3.63, 3.8) is 0 Å². The van der Waals surface area contributed by atoms with Crippen molar-refractivity contribution >= 4 is 21.2 Å². The Labute approximate surface area is 108 Å². The standard InChI is InChI=1S/C10H21NO6Si/c1-4-5-8(18(16-2)17-3)11-7(10(14)15)6-9(12)13/h7-8,11,18H,4-6H2,1-3H3,(H,12,13)(H,14,15). The lowest BCUT2D eigenvalue weighted by Crippen LogP contribution is -2.53. The largest absolute Gasteiger partial charge is 0.481 e. The maximum atomic E-state index is 11.0. The van der Waals surface area contributed by atoms with E-state index in [1.807, 2.05) is 6.92 Å². The first-order valence-electron chi connectivity index (χ1n) is 5.72. The van der Waals surface area contributed by atoms with Gasteiger partial charge in [-0.25, -0.2) is 0 Å². The molecule has 2 unspecified atom stereocenters. The molecule has 0 rings (SSSR count). The molecule has 0 saturated carbocycles. The molecule has 18 heavy (non-hydrogen) atoms. The number of carbonyl (C=O) groups is 2. The van der Waals surface area contributed by atoms with Gasteiger partial charge < -0.3 is 19.1 Å². The molecule has 0 aromatic rings. The molecule has 0 fully saturated rings. The van der Waals surface area contributed by atoms with E-state index in [0.29, 0.717) is 6.42 Å². The molecule has 106 valence electrons. The zero-order chi connectivity index (χ0) is 14.1. The number of carboxylic acid groups (broad SMARTS) is 2. The second-order valence-corrected chi connectivity index (χ2v) is 6.37. The molecule has 0 radical (unpaired) electrons. The number of carboxylic acids is 2. The number of rotatable bonds is 10. The predicted octanol–water partition coefficient (Wildman–Crippen LogP) is -0.275. The van der Waals surface area contributed by atoms with Gasteiger partial charge in [0, 0.05) is 19.9 Å². The van der Waals surface area contributed by atoms with Gasteiger partial charge in [-0.1, -0.05) is 13.3 Å². The zero-order valence-electron chi connectivity index (χ0n) is 10.9. The molecule has 0 amide bonds. The van der Waals surface area contributed by atoms with Crippen LogP contribution < -0.4 is 5.32 Å². The van der Waals surface area contributed by atoms with Crippen molar-refractivity contribution in [3.05, 3.63) is 0 Å². The van der Waals surface area contributed by atoms with E-state index in [4.69, 9.17) is 19.1 Å². The SMILES string of the molecule is CCCC(NC(CC(=O)O)C(=O)O)[SiH](OC)OC. The average molecular weight is 279 g/mol. The van der Waals surface area contributed by atoms with E-state index in [2.05, 4.69) is 5.32 Å². The first kappa shape index (κ1) is 17.0. The van der Waals surface area contributed by atoms with Crippen LogP contribution in [0.15, 0.2) is 0 Å². The summed E-state index contributed by atoms with van der Waals surface area (Å²) < 4.78 is 10.4. The van der Waals surface area contributed by atoms with Crippen LogP contribution in [0, 0.1) is 0 Å². The minimum absolute atomic E-state index is 0.231. The molecule has 0 aliphatic rings. The van der Waals surface area contributed by atoms with Crippen LogP contribution >= 0.6 is 0 Å². The molecule has 0 spiro atoms. The third kappa shape index (κ3) is 6.10. The second kappa shape index (κ2) is 9.03. The summed E-state index contributed by atoms with van der Waals surface area (Å²) in [5, 5.41) is 20.5. The molecule has 8 heteroatoms. The molecule has 2 atom stereocenters. The molecule has 0 aliphatic heterocycles. The smallest absolute Gasteiger partial charge is 0.338 e. The summed E-state index contributed by atoms with van der Waals surface area (Å²) in [6.07, 6.45) is 1.04. The summed E-state index contributed by atoms with van der Waals surface area (Å²) in [5.74, 6) is -2.34. The van der Waals surface area contributed by atoms with E-state index in [1.165, 1.54) is 14.2 Å². The number of hydrogen-bond acceptors (Lipinski definition) is 5. The average Bonchev–Trinajstić information content (AvgIpc) is 2.29. The van der Waals surface area contributed by atoms with Crippen molar-refractivity contribution in [1.82, 2.24) is 5.32 Å². The molecule has 0 saturated heterocycles. The van der Waals surface area contributed by atoms with Gasteiger partial charge in [0.15, 0.2) is 0 Å². The Bertz CT molecular complexity index is 271. The van der Waals surface area contributed by atoms with E-state index in [1.54, 1.807) is 0 Å². The molecule has 0 aromatic heterocycles. The van der Waals surface area contributed by atoms with Crippen LogP contribution in [-0.4, -0.2) is 57.4 Å². The fraction of sp³-hybridized carbons (Fsp3) is 0.800. The first-order chi connectivity index (χ1) is 8.46. The molecular formula is C10H21NO6Si. The highest BCUT2D eigenvalue weighted by Crippen LogP contribution is 2.06. The lowest BCUT2D eigenvalue weighted by Gasteiger charge is -2.26. The summed E-state index contributed by atoms with van der Waals surface area (Å²) >= 11 is 0. The third-order valence-corrected chi connectivity index (χ3v) is 4.60. The number of aliphatic carboxylic acids is 2. The zero-order valence-corrected chi connectivity index (χ0v) is 12.0. The first-order valence-corrected chi connectivity index (χ1v) is 7.33.